The lowest BCUT2D eigenvalue weighted by atomic mass is 10.0. The molecule has 0 unspecified atom stereocenters. The Morgan fingerprint density at radius 2 is 0.963 bits per heavy atom. The van der Waals surface area contributed by atoms with Crippen molar-refractivity contribution in [3.05, 3.63) is 0 Å². The molecule has 0 fully saturated rings. The molecule has 27 heavy (non-hydrogen) atoms. The van der Waals surface area contributed by atoms with Crippen molar-refractivity contribution < 1.29 is 14.3 Å². The van der Waals surface area contributed by atoms with E-state index < -0.39 is 0 Å². The zero-order valence-corrected chi connectivity index (χ0v) is 18.6. The average Bonchev–Trinajstić information content (AvgIpc) is 2.67. The van der Waals surface area contributed by atoms with Crippen LogP contribution < -0.4 is 0 Å². The van der Waals surface area contributed by atoms with Gasteiger partial charge in [0.1, 0.15) is 6.61 Å². The summed E-state index contributed by atoms with van der Waals surface area (Å²) in [6, 6.07) is 0. The van der Waals surface area contributed by atoms with Crippen LogP contribution >= 0.6 is 0 Å². The molecule has 0 rings (SSSR count). The van der Waals surface area contributed by atoms with E-state index in [9.17, 15) is 4.79 Å². The second-order valence-electron chi connectivity index (χ2n) is 7.89. The van der Waals surface area contributed by atoms with Crippen molar-refractivity contribution in [2.45, 2.75) is 129 Å². The van der Waals surface area contributed by atoms with Crippen molar-refractivity contribution in [3.63, 3.8) is 0 Å². The highest BCUT2D eigenvalue weighted by Gasteiger charge is 2.02. The second kappa shape index (κ2) is 23.5. The van der Waals surface area contributed by atoms with Crippen LogP contribution in [0.1, 0.15) is 129 Å². The molecule has 0 heterocycles. The van der Waals surface area contributed by atoms with E-state index in [1.807, 2.05) is 0 Å². The largest absolute Gasteiger partial charge is 0.463 e. The molecule has 0 saturated heterocycles. The Bertz CT molecular complexity index is 291. The lowest BCUT2D eigenvalue weighted by Crippen LogP contribution is -2.10. The molecular formula is C24H48O3. The minimum absolute atomic E-state index is 0.0735. The van der Waals surface area contributed by atoms with E-state index in [4.69, 9.17) is 9.47 Å². The Labute approximate surface area is 170 Å². The number of ether oxygens (including phenoxy) is 2. The Hall–Kier alpha value is -0.570. The predicted octanol–water partition coefficient (Wildman–Crippen LogP) is 7.61. The summed E-state index contributed by atoms with van der Waals surface area (Å²) in [5.41, 5.74) is 0. The smallest absolute Gasteiger partial charge is 0.305 e. The molecule has 0 bridgehead atoms. The molecule has 0 saturated carbocycles. The molecule has 0 aromatic heterocycles. The Kier molecular flexibility index (Phi) is 23.0. The van der Waals surface area contributed by atoms with E-state index in [1.54, 1.807) is 0 Å². The van der Waals surface area contributed by atoms with E-state index in [0.717, 1.165) is 25.9 Å². The molecule has 0 amide bonds. The number of carbonyl (C=O) groups excluding carboxylic acids is 1. The van der Waals surface area contributed by atoms with Gasteiger partial charge in [0.25, 0.3) is 0 Å². The molecule has 0 aliphatic rings. The van der Waals surface area contributed by atoms with Gasteiger partial charge in [0, 0.05) is 13.0 Å². The van der Waals surface area contributed by atoms with Crippen LogP contribution in [-0.4, -0.2) is 25.8 Å². The summed E-state index contributed by atoms with van der Waals surface area (Å²) >= 11 is 0. The van der Waals surface area contributed by atoms with Crippen molar-refractivity contribution in [2.75, 3.05) is 19.8 Å². The Morgan fingerprint density at radius 3 is 1.48 bits per heavy atom. The monoisotopic (exact) mass is 384 g/mol. The molecule has 0 radical (unpaired) electrons. The summed E-state index contributed by atoms with van der Waals surface area (Å²) in [5.74, 6) is -0.0735. The van der Waals surface area contributed by atoms with Crippen LogP contribution in [0.2, 0.25) is 0 Å². The lowest BCUT2D eigenvalue weighted by Gasteiger charge is -2.06. The first-order valence-corrected chi connectivity index (χ1v) is 12.0. The highest BCUT2D eigenvalue weighted by molar-refractivity contribution is 5.69. The van der Waals surface area contributed by atoms with E-state index in [-0.39, 0.29) is 5.97 Å². The van der Waals surface area contributed by atoms with Gasteiger partial charge < -0.3 is 9.47 Å². The molecule has 0 spiro atoms. The average molecular weight is 385 g/mol. The second-order valence-corrected chi connectivity index (χ2v) is 7.89. The Balaban J connectivity index is 3.07. The van der Waals surface area contributed by atoms with E-state index >= 15 is 0 Å². The first-order valence-electron chi connectivity index (χ1n) is 12.0. The molecule has 3 nitrogen and oxygen atoms in total. The SMILES string of the molecule is CCCCCCCCCCCCCCCOCCOC(=O)CCCCCC. The Morgan fingerprint density at radius 1 is 0.519 bits per heavy atom. The number of rotatable bonds is 22. The molecule has 0 aromatic rings. The van der Waals surface area contributed by atoms with Gasteiger partial charge in [0.2, 0.25) is 0 Å². The maximum Gasteiger partial charge on any atom is 0.305 e. The predicted molar refractivity (Wildman–Crippen MR) is 116 cm³/mol. The van der Waals surface area contributed by atoms with Gasteiger partial charge in [-0.15, -0.1) is 0 Å². The van der Waals surface area contributed by atoms with Crippen LogP contribution in [0.15, 0.2) is 0 Å². The summed E-state index contributed by atoms with van der Waals surface area (Å²) in [4.78, 5) is 11.5. The molecule has 0 N–H and O–H groups in total. The standard InChI is InChI=1S/C24H48O3/c1-3-5-7-9-10-11-12-13-14-15-16-17-19-21-26-22-23-27-24(25)20-18-8-6-4-2/h3-23H2,1-2H3. The third-order valence-electron chi connectivity index (χ3n) is 5.12. The number of carbonyl (C=O) groups is 1. The molecule has 0 atom stereocenters. The van der Waals surface area contributed by atoms with Crippen molar-refractivity contribution in [1.29, 1.82) is 0 Å². The topological polar surface area (TPSA) is 35.5 Å². The van der Waals surface area contributed by atoms with E-state index in [0.29, 0.717) is 19.6 Å². The molecule has 0 aliphatic carbocycles. The van der Waals surface area contributed by atoms with Crippen molar-refractivity contribution >= 4 is 5.97 Å². The normalized spacial score (nSPS) is 11.0. The van der Waals surface area contributed by atoms with Gasteiger partial charge in [-0.25, -0.2) is 0 Å². The van der Waals surface area contributed by atoms with Gasteiger partial charge in [-0.1, -0.05) is 110 Å². The zero-order chi connectivity index (χ0) is 19.8. The minimum Gasteiger partial charge on any atom is -0.463 e. The minimum atomic E-state index is -0.0735. The highest BCUT2D eigenvalue weighted by Crippen LogP contribution is 2.12. The van der Waals surface area contributed by atoms with Crippen LogP contribution in [0, 0.1) is 0 Å². The van der Waals surface area contributed by atoms with Gasteiger partial charge in [-0.2, -0.15) is 0 Å². The fourth-order valence-electron chi connectivity index (χ4n) is 3.31. The van der Waals surface area contributed by atoms with Crippen LogP contribution in [0.25, 0.3) is 0 Å². The summed E-state index contributed by atoms with van der Waals surface area (Å²) < 4.78 is 10.7. The molecule has 162 valence electrons. The fourth-order valence-corrected chi connectivity index (χ4v) is 3.31. The number of unbranched alkanes of at least 4 members (excludes halogenated alkanes) is 15. The number of esters is 1. The third-order valence-corrected chi connectivity index (χ3v) is 5.12. The summed E-state index contributed by atoms with van der Waals surface area (Å²) in [6.45, 7) is 6.20. The van der Waals surface area contributed by atoms with Gasteiger partial charge in [-0.05, 0) is 12.8 Å². The number of hydrogen-bond acceptors (Lipinski definition) is 3. The highest BCUT2D eigenvalue weighted by atomic mass is 16.6. The van der Waals surface area contributed by atoms with Crippen LogP contribution in [0.5, 0.6) is 0 Å². The quantitative estimate of drug-likeness (QED) is 0.142. The molecule has 0 aliphatic heterocycles. The van der Waals surface area contributed by atoms with Crippen molar-refractivity contribution in [2.24, 2.45) is 0 Å². The summed E-state index contributed by atoms with van der Waals surface area (Å²) in [6.07, 6.45) is 22.8. The summed E-state index contributed by atoms with van der Waals surface area (Å²) in [7, 11) is 0. The molecule has 0 aromatic carbocycles. The maximum atomic E-state index is 11.5. The van der Waals surface area contributed by atoms with Crippen LogP contribution in [0.4, 0.5) is 0 Å². The van der Waals surface area contributed by atoms with E-state index in [1.165, 1.54) is 89.9 Å². The van der Waals surface area contributed by atoms with Crippen molar-refractivity contribution in [1.82, 2.24) is 0 Å². The maximum absolute atomic E-state index is 11.5. The fraction of sp³-hybridized carbons (Fsp3) is 0.958. The summed E-state index contributed by atoms with van der Waals surface area (Å²) in [5, 5.41) is 0. The first kappa shape index (κ1) is 26.4. The lowest BCUT2D eigenvalue weighted by molar-refractivity contribution is -0.145. The molecule has 3 heteroatoms. The zero-order valence-electron chi connectivity index (χ0n) is 18.6. The van der Waals surface area contributed by atoms with Gasteiger partial charge in [0.15, 0.2) is 0 Å². The van der Waals surface area contributed by atoms with Gasteiger partial charge in [0.05, 0.1) is 6.61 Å². The first-order chi connectivity index (χ1) is 13.3. The van der Waals surface area contributed by atoms with Gasteiger partial charge in [-0.3, -0.25) is 4.79 Å². The van der Waals surface area contributed by atoms with Crippen molar-refractivity contribution in [3.8, 4) is 0 Å². The van der Waals surface area contributed by atoms with Crippen LogP contribution in [-0.2, 0) is 14.3 Å². The van der Waals surface area contributed by atoms with Crippen LogP contribution in [0.3, 0.4) is 0 Å². The number of hydrogen-bond donors (Lipinski definition) is 0. The van der Waals surface area contributed by atoms with E-state index in [2.05, 4.69) is 13.8 Å². The van der Waals surface area contributed by atoms with Gasteiger partial charge >= 0.3 is 5.97 Å². The molecular weight excluding hydrogens is 336 g/mol. The third kappa shape index (κ3) is 23.4.